The fourth-order valence-electron chi connectivity index (χ4n) is 4.62. The van der Waals surface area contributed by atoms with Crippen molar-refractivity contribution in [3.8, 4) is 0 Å². The van der Waals surface area contributed by atoms with Crippen LogP contribution < -0.4 is 10.6 Å². The number of benzene rings is 2. The second-order valence-corrected chi connectivity index (χ2v) is 8.70. The molecule has 1 atom stereocenters. The van der Waals surface area contributed by atoms with Gasteiger partial charge < -0.3 is 20.3 Å². The molecule has 0 radical (unpaired) electrons. The summed E-state index contributed by atoms with van der Waals surface area (Å²) in [5, 5.41) is 5.94. The number of likely N-dealkylation sites (tertiary alicyclic amines) is 1. The molecule has 4 rings (SSSR count). The molecule has 2 saturated heterocycles. The second kappa shape index (κ2) is 9.69. The van der Waals surface area contributed by atoms with Crippen LogP contribution in [-0.4, -0.2) is 42.6 Å². The molecule has 0 saturated carbocycles. The lowest BCUT2D eigenvalue weighted by Gasteiger charge is -2.38. The SMILES string of the molecule is CC1CCCCN1C(=O)c1ccc(NC(=O)NC2(c3ccc(F)cc3)CCOCC2)cc1. The van der Waals surface area contributed by atoms with E-state index in [1.165, 1.54) is 12.1 Å². The molecular weight excluding hydrogens is 409 g/mol. The van der Waals surface area contributed by atoms with Gasteiger partial charge in [0.2, 0.25) is 0 Å². The average Bonchev–Trinajstić information content (AvgIpc) is 2.80. The molecule has 32 heavy (non-hydrogen) atoms. The molecule has 0 aliphatic carbocycles. The molecule has 2 aromatic rings. The number of rotatable bonds is 4. The molecule has 0 aromatic heterocycles. The van der Waals surface area contributed by atoms with Gasteiger partial charge >= 0.3 is 6.03 Å². The monoisotopic (exact) mass is 439 g/mol. The zero-order chi connectivity index (χ0) is 22.6. The normalized spacial score (nSPS) is 20.4. The third-order valence-corrected chi connectivity index (χ3v) is 6.55. The van der Waals surface area contributed by atoms with Crippen molar-refractivity contribution in [1.82, 2.24) is 10.2 Å². The number of ether oxygens (including phenoxy) is 1. The van der Waals surface area contributed by atoms with Gasteiger partial charge in [-0.05, 0) is 81.0 Å². The van der Waals surface area contributed by atoms with Gasteiger partial charge in [-0.25, -0.2) is 9.18 Å². The molecule has 6 nitrogen and oxygen atoms in total. The minimum Gasteiger partial charge on any atom is -0.381 e. The van der Waals surface area contributed by atoms with Crippen LogP contribution in [0.25, 0.3) is 0 Å². The van der Waals surface area contributed by atoms with Crippen LogP contribution in [0.1, 0.15) is 54.9 Å². The highest BCUT2D eigenvalue weighted by Crippen LogP contribution is 2.32. The van der Waals surface area contributed by atoms with Crippen molar-refractivity contribution in [2.75, 3.05) is 25.1 Å². The van der Waals surface area contributed by atoms with Crippen LogP contribution in [0, 0.1) is 5.82 Å². The predicted molar refractivity (Wildman–Crippen MR) is 121 cm³/mol. The Morgan fingerprint density at radius 1 is 1.03 bits per heavy atom. The van der Waals surface area contributed by atoms with Crippen molar-refractivity contribution in [3.05, 3.63) is 65.5 Å². The van der Waals surface area contributed by atoms with Crippen molar-refractivity contribution < 1.29 is 18.7 Å². The Labute approximate surface area is 188 Å². The van der Waals surface area contributed by atoms with Crippen molar-refractivity contribution in [2.45, 2.75) is 50.6 Å². The van der Waals surface area contributed by atoms with E-state index in [-0.39, 0.29) is 23.8 Å². The summed E-state index contributed by atoms with van der Waals surface area (Å²) in [6.45, 7) is 3.91. The Bertz CT molecular complexity index is 940. The second-order valence-electron chi connectivity index (χ2n) is 8.70. The Morgan fingerprint density at radius 2 is 1.72 bits per heavy atom. The van der Waals surface area contributed by atoms with Gasteiger partial charge in [0.05, 0.1) is 5.54 Å². The van der Waals surface area contributed by atoms with Crippen LogP contribution in [0.5, 0.6) is 0 Å². The van der Waals surface area contributed by atoms with Crippen molar-refractivity contribution in [1.29, 1.82) is 0 Å². The van der Waals surface area contributed by atoms with Crippen LogP contribution in [0.4, 0.5) is 14.9 Å². The largest absolute Gasteiger partial charge is 0.381 e. The summed E-state index contributed by atoms with van der Waals surface area (Å²) in [6.07, 6.45) is 4.44. The van der Waals surface area contributed by atoms with E-state index in [9.17, 15) is 14.0 Å². The number of carbonyl (C=O) groups is 2. The molecule has 2 aromatic carbocycles. The van der Waals surface area contributed by atoms with Gasteiger partial charge in [0.1, 0.15) is 5.82 Å². The minimum absolute atomic E-state index is 0.0330. The third kappa shape index (κ3) is 4.93. The van der Waals surface area contributed by atoms with E-state index in [2.05, 4.69) is 17.6 Å². The number of hydrogen-bond acceptors (Lipinski definition) is 3. The van der Waals surface area contributed by atoms with Crippen LogP contribution in [0.3, 0.4) is 0 Å². The van der Waals surface area contributed by atoms with E-state index in [1.807, 2.05) is 4.90 Å². The minimum atomic E-state index is -0.615. The van der Waals surface area contributed by atoms with Crippen molar-refractivity contribution in [3.63, 3.8) is 0 Å². The summed E-state index contributed by atoms with van der Waals surface area (Å²) >= 11 is 0. The van der Waals surface area contributed by atoms with Crippen molar-refractivity contribution in [2.24, 2.45) is 0 Å². The summed E-state index contributed by atoms with van der Waals surface area (Å²) in [7, 11) is 0. The molecule has 3 amide bonds. The number of urea groups is 1. The molecule has 0 spiro atoms. The zero-order valence-corrected chi connectivity index (χ0v) is 18.4. The first kappa shape index (κ1) is 22.3. The molecule has 170 valence electrons. The highest BCUT2D eigenvalue weighted by Gasteiger charge is 2.36. The molecule has 7 heteroatoms. The van der Waals surface area contributed by atoms with Gasteiger partial charge in [0.15, 0.2) is 0 Å². The first-order valence-corrected chi connectivity index (χ1v) is 11.3. The number of carbonyl (C=O) groups excluding carboxylic acids is 2. The molecule has 0 bridgehead atoms. The van der Waals surface area contributed by atoms with Gasteiger partial charge in [-0.1, -0.05) is 12.1 Å². The fraction of sp³-hybridized carbons (Fsp3) is 0.440. The van der Waals surface area contributed by atoms with E-state index in [4.69, 9.17) is 4.74 Å². The average molecular weight is 440 g/mol. The van der Waals surface area contributed by atoms with Gasteiger partial charge in [0, 0.05) is 37.1 Å². The van der Waals surface area contributed by atoms with Gasteiger partial charge in [0.25, 0.3) is 5.91 Å². The first-order valence-electron chi connectivity index (χ1n) is 11.3. The Balaban J connectivity index is 1.42. The number of hydrogen-bond donors (Lipinski definition) is 2. The quantitative estimate of drug-likeness (QED) is 0.728. The lowest BCUT2D eigenvalue weighted by atomic mass is 9.83. The van der Waals surface area contributed by atoms with Crippen molar-refractivity contribution >= 4 is 17.6 Å². The van der Waals surface area contributed by atoms with Gasteiger partial charge in [-0.15, -0.1) is 0 Å². The van der Waals surface area contributed by atoms with E-state index in [1.54, 1.807) is 36.4 Å². The topological polar surface area (TPSA) is 70.7 Å². The van der Waals surface area contributed by atoms with Crippen LogP contribution in [0.15, 0.2) is 48.5 Å². The van der Waals surface area contributed by atoms with E-state index < -0.39 is 5.54 Å². The standard InChI is InChI=1S/C25H30FN3O3/c1-18-4-2-3-15-29(18)23(30)19-5-11-22(12-6-19)27-24(31)28-25(13-16-32-17-14-25)20-7-9-21(26)10-8-20/h5-12,18H,2-4,13-17H2,1H3,(H2,27,28,31). The van der Waals surface area contributed by atoms with Gasteiger partial charge in [-0.3, -0.25) is 4.79 Å². The lowest BCUT2D eigenvalue weighted by Crippen LogP contribution is -2.50. The smallest absolute Gasteiger partial charge is 0.319 e. The molecule has 2 fully saturated rings. The van der Waals surface area contributed by atoms with E-state index in [0.717, 1.165) is 31.4 Å². The Kier molecular flexibility index (Phi) is 6.74. The number of nitrogens with one attached hydrogen (secondary N) is 2. The van der Waals surface area contributed by atoms with E-state index in [0.29, 0.717) is 37.3 Å². The number of piperidine rings is 1. The third-order valence-electron chi connectivity index (χ3n) is 6.55. The maximum absolute atomic E-state index is 13.4. The summed E-state index contributed by atoms with van der Waals surface area (Å²) < 4.78 is 18.9. The highest BCUT2D eigenvalue weighted by molar-refractivity contribution is 5.96. The lowest BCUT2D eigenvalue weighted by molar-refractivity contribution is 0.0417. The molecule has 2 aliphatic rings. The Hall–Kier alpha value is -2.93. The van der Waals surface area contributed by atoms with Crippen LogP contribution in [-0.2, 0) is 10.3 Å². The number of anilines is 1. The molecule has 2 aliphatic heterocycles. The Morgan fingerprint density at radius 3 is 2.38 bits per heavy atom. The molecule has 2 heterocycles. The summed E-state index contributed by atoms with van der Waals surface area (Å²) in [5.41, 5.74) is 1.47. The molecular formula is C25H30FN3O3. The number of nitrogens with zero attached hydrogens (tertiary/aromatic N) is 1. The highest BCUT2D eigenvalue weighted by atomic mass is 19.1. The van der Waals surface area contributed by atoms with Gasteiger partial charge in [-0.2, -0.15) is 0 Å². The first-order chi connectivity index (χ1) is 15.5. The number of amides is 3. The summed E-state index contributed by atoms with van der Waals surface area (Å²) in [5.74, 6) is -0.278. The van der Waals surface area contributed by atoms with Crippen LogP contribution >= 0.6 is 0 Å². The molecule has 1 unspecified atom stereocenters. The summed E-state index contributed by atoms with van der Waals surface area (Å²) in [6, 6.07) is 13.1. The maximum atomic E-state index is 13.4. The maximum Gasteiger partial charge on any atom is 0.319 e. The van der Waals surface area contributed by atoms with E-state index >= 15 is 0 Å². The fourth-order valence-corrected chi connectivity index (χ4v) is 4.62. The van der Waals surface area contributed by atoms with Crippen LogP contribution in [0.2, 0.25) is 0 Å². The summed E-state index contributed by atoms with van der Waals surface area (Å²) in [4.78, 5) is 27.6. The zero-order valence-electron chi connectivity index (χ0n) is 18.4. The number of halogens is 1. The molecule has 2 N–H and O–H groups in total. The predicted octanol–water partition coefficient (Wildman–Crippen LogP) is 4.67.